The van der Waals surface area contributed by atoms with Crippen LogP contribution in [0.1, 0.15) is 18.9 Å². The van der Waals surface area contributed by atoms with Crippen LogP contribution in [-0.4, -0.2) is 43.5 Å². The molecule has 1 aliphatic rings. The summed E-state index contributed by atoms with van der Waals surface area (Å²) < 4.78 is 10.5. The number of nitrogens with zero attached hydrogens (tertiary/aromatic N) is 1. The first-order chi connectivity index (χ1) is 10.0. The van der Waals surface area contributed by atoms with Crippen molar-refractivity contribution in [3.8, 4) is 11.5 Å². The minimum Gasteiger partial charge on any atom is -0.493 e. The lowest BCUT2D eigenvalue weighted by Crippen LogP contribution is -2.42. The van der Waals surface area contributed by atoms with Crippen LogP contribution in [0, 0.1) is 0 Å². The largest absolute Gasteiger partial charge is 0.493 e. The van der Waals surface area contributed by atoms with Crippen molar-refractivity contribution in [2.75, 3.05) is 20.8 Å². The van der Waals surface area contributed by atoms with E-state index in [4.69, 9.17) is 9.47 Å². The van der Waals surface area contributed by atoms with Crippen molar-refractivity contribution in [2.24, 2.45) is 0 Å². The lowest BCUT2D eigenvalue weighted by Gasteiger charge is -2.22. The summed E-state index contributed by atoms with van der Waals surface area (Å²) in [5.74, 6) is 1.11. The van der Waals surface area contributed by atoms with E-state index in [0.717, 1.165) is 5.56 Å². The predicted octanol–water partition coefficient (Wildman–Crippen LogP) is 0.941. The van der Waals surface area contributed by atoms with Gasteiger partial charge in [0.15, 0.2) is 11.5 Å². The molecule has 1 aromatic carbocycles. The maximum absolute atomic E-state index is 12.2. The van der Waals surface area contributed by atoms with Crippen LogP contribution in [-0.2, 0) is 16.1 Å². The van der Waals surface area contributed by atoms with E-state index in [-0.39, 0.29) is 11.8 Å². The van der Waals surface area contributed by atoms with Crippen molar-refractivity contribution < 1.29 is 19.1 Å². The fourth-order valence-electron chi connectivity index (χ4n) is 2.35. The second-order valence-corrected chi connectivity index (χ2v) is 4.99. The van der Waals surface area contributed by atoms with Gasteiger partial charge in [-0.15, -0.1) is 0 Å². The van der Waals surface area contributed by atoms with Crippen LogP contribution in [0.4, 0.5) is 0 Å². The summed E-state index contributed by atoms with van der Waals surface area (Å²) in [6.07, 6.45) is 0.323. The Kier molecular flexibility index (Phi) is 4.67. The topological polar surface area (TPSA) is 67.9 Å². The van der Waals surface area contributed by atoms with Crippen LogP contribution >= 0.6 is 0 Å². The molecule has 0 aliphatic carbocycles. The zero-order valence-corrected chi connectivity index (χ0v) is 12.5. The van der Waals surface area contributed by atoms with Crippen molar-refractivity contribution in [3.63, 3.8) is 0 Å². The molecule has 1 heterocycles. The number of carbonyl (C=O) groups is 2. The van der Waals surface area contributed by atoms with Crippen LogP contribution in [0.15, 0.2) is 18.2 Å². The second-order valence-electron chi connectivity index (χ2n) is 4.99. The van der Waals surface area contributed by atoms with E-state index in [2.05, 4.69) is 5.32 Å². The maximum Gasteiger partial charge on any atom is 0.245 e. The molecule has 1 aromatic rings. The standard InChI is InChI=1S/C15H20N2O4/c1-10-15(19)17(7-6-14(18)16-10)9-11-4-5-12(20-2)13(8-11)21-3/h4-5,8,10H,6-7,9H2,1-3H3,(H,16,18). The monoisotopic (exact) mass is 292 g/mol. The molecule has 0 radical (unpaired) electrons. The molecule has 1 N–H and O–H groups in total. The molecule has 21 heavy (non-hydrogen) atoms. The second kappa shape index (κ2) is 6.47. The van der Waals surface area contributed by atoms with Gasteiger partial charge in [-0.3, -0.25) is 9.59 Å². The quantitative estimate of drug-likeness (QED) is 0.897. The molecule has 6 nitrogen and oxygen atoms in total. The molecule has 2 amide bonds. The number of methoxy groups -OCH3 is 2. The summed E-state index contributed by atoms with van der Waals surface area (Å²) in [5, 5.41) is 2.67. The van der Waals surface area contributed by atoms with Crippen molar-refractivity contribution in [2.45, 2.75) is 25.9 Å². The van der Waals surface area contributed by atoms with E-state index < -0.39 is 6.04 Å². The Balaban J connectivity index is 2.16. The van der Waals surface area contributed by atoms with Gasteiger partial charge in [0.25, 0.3) is 0 Å². The van der Waals surface area contributed by atoms with E-state index in [9.17, 15) is 9.59 Å². The van der Waals surface area contributed by atoms with E-state index in [1.165, 1.54) is 0 Å². The molecule has 114 valence electrons. The first-order valence-electron chi connectivity index (χ1n) is 6.84. The minimum absolute atomic E-state index is 0.0735. The molecule has 1 fully saturated rings. The van der Waals surface area contributed by atoms with Gasteiger partial charge >= 0.3 is 0 Å². The highest BCUT2D eigenvalue weighted by Crippen LogP contribution is 2.28. The summed E-state index contributed by atoms with van der Waals surface area (Å²) in [5.41, 5.74) is 0.933. The summed E-state index contributed by atoms with van der Waals surface area (Å²) >= 11 is 0. The summed E-state index contributed by atoms with van der Waals surface area (Å²) in [7, 11) is 3.15. The number of amides is 2. The van der Waals surface area contributed by atoms with E-state index >= 15 is 0 Å². The number of nitrogens with one attached hydrogen (secondary N) is 1. The zero-order valence-electron chi connectivity index (χ0n) is 12.5. The minimum atomic E-state index is -0.486. The third-order valence-electron chi connectivity index (χ3n) is 3.49. The molecule has 0 bridgehead atoms. The number of carbonyl (C=O) groups excluding carboxylic acids is 2. The molecule has 2 rings (SSSR count). The summed E-state index contributed by atoms with van der Waals surface area (Å²) in [6.45, 7) is 2.56. The lowest BCUT2D eigenvalue weighted by atomic mass is 10.1. The highest BCUT2D eigenvalue weighted by molar-refractivity contribution is 5.89. The molecular weight excluding hydrogens is 272 g/mol. The lowest BCUT2D eigenvalue weighted by molar-refractivity contribution is -0.133. The molecule has 0 saturated carbocycles. The predicted molar refractivity (Wildman–Crippen MR) is 77.2 cm³/mol. The van der Waals surface area contributed by atoms with E-state index in [0.29, 0.717) is 31.0 Å². The number of ether oxygens (including phenoxy) is 2. The Labute approximate surface area is 124 Å². The van der Waals surface area contributed by atoms with Gasteiger partial charge < -0.3 is 19.7 Å². The van der Waals surface area contributed by atoms with Crippen LogP contribution in [0.25, 0.3) is 0 Å². The summed E-state index contributed by atoms with van der Waals surface area (Å²) in [6, 6.07) is 5.06. The molecule has 0 spiro atoms. The molecular formula is C15H20N2O4. The first-order valence-corrected chi connectivity index (χ1v) is 6.84. The summed E-state index contributed by atoms with van der Waals surface area (Å²) in [4.78, 5) is 25.4. The van der Waals surface area contributed by atoms with Gasteiger partial charge in [-0.1, -0.05) is 6.07 Å². The number of benzene rings is 1. The van der Waals surface area contributed by atoms with Gasteiger partial charge in [0.2, 0.25) is 11.8 Å². The Bertz CT molecular complexity index is 544. The Morgan fingerprint density at radius 1 is 1.24 bits per heavy atom. The smallest absolute Gasteiger partial charge is 0.245 e. The number of rotatable bonds is 4. The molecule has 1 saturated heterocycles. The fraction of sp³-hybridized carbons (Fsp3) is 0.467. The zero-order chi connectivity index (χ0) is 15.4. The maximum atomic E-state index is 12.2. The van der Waals surface area contributed by atoms with Gasteiger partial charge in [0.05, 0.1) is 14.2 Å². The van der Waals surface area contributed by atoms with Crippen molar-refractivity contribution >= 4 is 11.8 Å². The molecule has 1 aliphatic heterocycles. The van der Waals surface area contributed by atoms with Crippen LogP contribution in [0.3, 0.4) is 0 Å². The molecule has 1 atom stereocenters. The highest BCUT2D eigenvalue weighted by atomic mass is 16.5. The Morgan fingerprint density at radius 2 is 1.95 bits per heavy atom. The first kappa shape index (κ1) is 15.2. The van der Waals surface area contributed by atoms with Gasteiger partial charge in [-0.25, -0.2) is 0 Å². The van der Waals surface area contributed by atoms with Crippen LogP contribution in [0.5, 0.6) is 11.5 Å². The molecule has 6 heteroatoms. The van der Waals surface area contributed by atoms with Gasteiger partial charge in [0.1, 0.15) is 6.04 Å². The Morgan fingerprint density at radius 3 is 2.62 bits per heavy atom. The molecule has 1 unspecified atom stereocenters. The van der Waals surface area contributed by atoms with Gasteiger partial charge in [-0.05, 0) is 24.6 Å². The number of hydrogen-bond donors (Lipinski definition) is 1. The fourth-order valence-corrected chi connectivity index (χ4v) is 2.35. The van der Waals surface area contributed by atoms with E-state index in [1.54, 1.807) is 26.0 Å². The normalized spacial score (nSPS) is 19.0. The van der Waals surface area contributed by atoms with Crippen molar-refractivity contribution in [1.82, 2.24) is 10.2 Å². The van der Waals surface area contributed by atoms with Crippen molar-refractivity contribution in [1.29, 1.82) is 0 Å². The SMILES string of the molecule is COc1ccc(CN2CCC(=O)NC(C)C2=O)cc1OC. The average Bonchev–Trinajstić information content (AvgIpc) is 2.60. The van der Waals surface area contributed by atoms with E-state index in [1.807, 2.05) is 18.2 Å². The third-order valence-corrected chi connectivity index (χ3v) is 3.49. The third kappa shape index (κ3) is 3.45. The molecule has 0 aromatic heterocycles. The van der Waals surface area contributed by atoms with Crippen molar-refractivity contribution in [3.05, 3.63) is 23.8 Å². The number of hydrogen-bond acceptors (Lipinski definition) is 4. The Hall–Kier alpha value is -2.24. The highest BCUT2D eigenvalue weighted by Gasteiger charge is 2.26. The van der Waals surface area contributed by atoms with Gasteiger partial charge in [-0.2, -0.15) is 0 Å². The average molecular weight is 292 g/mol. The van der Waals surface area contributed by atoms with Crippen LogP contribution in [0.2, 0.25) is 0 Å². The van der Waals surface area contributed by atoms with Crippen LogP contribution < -0.4 is 14.8 Å². The van der Waals surface area contributed by atoms with Gasteiger partial charge in [0, 0.05) is 19.5 Å².